The van der Waals surface area contributed by atoms with Crippen LogP contribution in [0.25, 0.3) is 0 Å². The number of hydrogen-bond acceptors (Lipinski definition) is 5. The highest BCUT2D eigenvalue weighted by atomic mass is 16.3. The molecule has 0 aromatic rings. The van der Waals surface area contributed by atoms with E-state index in [9.17, 15) is 9.90 Å². The monoisotopic (exact) mass is 371 g/mol. The summed E-state index contributed by atoms with van der Waals surface area (Å²) in [5, 5.41) is 14.5. The summed E-state index contributed by atoms with van der Waals surface area (Å²) in [7, 11) is 0. The van der Waals surface area contributed by atoms with E-state index in [-0.39, 0.29) is 18.6 Å². The molecule has 6 nitrogen and oxygen atoms in total. The van der Waals surface area contributed by atoms with Gasteiger partial charge in [-0.05, 0) is 50.8 Å². The van der Waals surface area contributed by atoms with Crippen LogP contribution in [0.5, 0.6) is 0 Å². The van der Waals surface area contributed by atoms with Crippen LogP contribution in [0.2, 0.25) is 0 Å². The minimum absolute atomic E-state index is 0.0560. The van der Waals surface area contributed by atoms with Crippen molar-refractivity contribution in [1.29, 1.82) is 0 Å². The minimum atomic E-state index is -0.627. The number of carbonyl (C=O) groups excluding carboxylic acids is 1. The Balaban J connectivity index is 1.99. The van der Waals surface area contributed by atoms with Crippen LogP contribution < -0.4 is 10.7 Å². The second-order valence-corrected chi connectivity index (χ2v) is 7.86. The molecule has 147 valence electrons. The number of hydrogen-bond donors (Lipinski definition) is 3. The lowest BCUT2D eigenvalue weighted by Crippen LogP contribution is -2.55. The van der Waals surface area contributed by atoms with Crippen molar-refractivity contribution < 1.29 is 9.90 Å². The van der Waals surface area contributed by atoms with Crippen LogP contribution >= 0.6 is 0 Å². The maximum atomic E-state index is 12.0. The average Bonchev–Trinajstić information content (AvgIpc) is 2.62. The number of aliphatic hydroxyl groups excluding tert-OH is 1. The van der Waals surface area contributed by atoms with Gasteiger partial charge < -0.3 is 10.4 Å². The first kappa shape index (κ1) is 19.8. The Morgan fingerprint density at radius 3 is 2.70 bits per heavy atom. The Bertz CT molecular complexity index is 686. The third kappa shape index (κ3) is 4.50. The van der Waals surface area contributed by atoms with Gasteiger partial charge in [0.05, 0.1) is 11.4 Å². The number of hydrazine groups is 1. The van der Waals surface area contributed by atoms with Gasteiger partial charge in [0.1, 0.15) is 5.54 Å². The highest BCUT2D eigenvalue weighted by molar-refractivity contribution is 5.88. The summed E-state index contributed by atoms with van der Waals surface area (Å²) in [4.78, 5) is 16.8. The molecule has 0 spiro atoms. The van der Waals surface area contributed by atoms with Crippen LogP contribution in [0, 0.1) is 5.92 Å². The Labute approximate surface area is 162 Å². The zero-order valence-corrected chi connectivity index (χ0v) is 16.6. The maximum absolute atomic E-state index is 12.0. The second kappa shape index (κ2) is 8.40. The van der Waals surface area contributed by atoms with Crippen molar-refractivity contribution in [3.63, 3.8) is 0 Å². The van der Waals surface area contributed by atoms with Crippen molar-refractivity contribution in [2.75, 3.05) is 6.61 Å². The van der Waals surface area contributed by atoms with Crippen LogP contribution in [0.4, 0.5) is 0 Å². The number of aliphatic imine (C=N–C) groups is 1. The maximum Gasteiger partial charge on any atom is 0.217 e. The van der Waals surface area contributed by atoms with Crippen LogP contribution in [-0.4, -0.2) is 40.4 Å². The molecule has 2 heterocycles. The van der Waals surface area contributed by atoms with Gasteiger partial charge in [0.2, 0.25) is 5.91 Å². The normalized spacial score (nSPS) is 25.7. The lowest BCUT2D eigenvalue weighted by Gasteiger charge is -2.42. The summed E-state index contributed by atoms with van der Waals surface area (Å²) in [5.74, 6) is 1.27. The molecule has 27 heavy (non-hydrogen) atoms. The average molecular weight is 372 g/mol. The molecular weight excluding hydrogens is 340 g/mol. The zero-order chi connectivity index (χ0) is 19.4. The predicted octanol–water partition coefficient (Wildman–Crippen LogP) is 2.75. The summed E-state index contributed by atoms with van der Waals surface area (Å²) in [5.41, 5.74) is 5.62. The number of dihydropyridines is 1. The van der Waals surface area contributed by atoms with E-state index in [2.05, 4.69) is 30.7 Å². The molecule has 0 unspecified atom stereocenters. The van der Waals surface area contributed by atoms with Gasteiger partial charge in [0.15, 0.2) is 0 Å². The Hall–Kier alpha value is -1.92. The molecule has 1 fully saturated rings. The smallest absolute Gasteiger partial charge is 0.217 e. The number of nitrogens with zero attached hydrogens (tertiary/aromatic N) is 2. The molecule has 0 bridgehead atoms. The number of nitrogens with one attached hydrogen (secondary N) is 2. The Kier molecular flexibility index (Phi) is 6.17. The number of fused-ring (bicyclic) bond motifs is 1. The first-order valence-corrected chi connectivity index (χ1v) is 9.94. The van der Waals surface area contributed by atoms with Gasteiger partial charge in [-0.15, -0.1) is 0 Å². The minimum Gasteiger partial charge on any atom is -0.396 e. The largest absolute Gasteiger partial charge is 0.396 e. The summed E-state index contributed by atoms with van der Waals surface area (Å²) < 4.78 is 0. The van der Waals surface area contributed by atoms with Crippen molar-refractivity contribution >= 4 is 12.1 Å². The fourth-order valence-corrected chi connectivity index (χ4v) is 4.00. The van der Waals surface area contributed by atoms with Gasteiger partial charge in [-0.1, -0.05) is 19.3 Å². The van der Waals surface area contributed by atoms with Gasteiger partial charge in [0, 0.05) is 37.9 Å². The van der Waals surface area contributed by atoms with E-state index in [4.69, 9.17) is 4.99 Å². The quantitative estimate of drug-likeness (QED) is 0.671. The summed E-state index contributed by atoms with van der Waals surface area (Å²) in [6.07, 6.45) is 14.2. The van der Waals surface area contributed by atoms with E-state index in [1.165, 1.54) is 12.3 Å². The standard InChI is InChI=1S/C21H31N4O2/c1-15(2)24-25-13-17(9-10-26)11-19-20(25)12-21(14-22-19,23-16(3)27)18-7-5-4-6-8-18/h11-15,24,26H,4-10H2,1-3H3,(H,23,27)/t21-/m1/s1. The van der Waals surface area contributed by atoms with Crippen LogP contribution in [0.15, 0.2) is 40.3 Å². The molecule has 3 rings (SSSR count). The molecule has 3 aliphatic rings. The highest BCUT2D eigenvalue weighted by Crippen LogP contribution is 2.39. The molecule has 1 amide bonds. The van der Waals surface area contributed by atoms with E-state index in [0.29, 0.717) is 6.42 Å². The molecular formula is C21H31N4O2. The van der Waals surface area contributed by atoms with Crippen LogP contribution in [0.3, 0.4) is 0 Å². The molecule has 3 N–H and O–H groups in total. The van der Waals surface area contributed by atoms with Crippen molar-refractivity contribution in [2.45, 2.75) is 70.9 Å². The first-order valence-electron chi connectivity index (χ1n) is 9.94. The number of rotatable bonds is 6. The Morgan fingerprint density at radius 2 is 2.07 bits per heavy atom. The number of carbonyl (C=O) groups is 1. The lowest BCUT2D eigenvalue weighted by molar-refractivity contribution is -0.119. The van der Waals surface area contributed by atoms with Gasteiger partial charge in [0.25, 0.3) is 0 Å². The molecule has 2 aliphatic heterocycles. The SMILES string of the molecule is CC(=O)N[C@@]1([C]2CCCCC2)C=NC2=CC(CCO)=CN(NC(C)C)C2=C1. The summed E-state index contributed by atoms with van der Waals surface area (Å²) in [6.45, 7) is 5.83. The first-order chi connectivity index (χ1) is 12.9. The zero-order valence-electron chi connectivity index (χ0n) is 16.6. The number of aliphatic hydroxyl groups is 1. The van der Waals surface area contributed by atoms with E-state index in [0.717, 1.165) is 42.7 Å². The van der Waals surface area contributed by atoms with Crippen molar-refractivity contribution in [1.82, 2.24) is 15.8 Å². The van der Waals surface area contributed by atoms with Crippen LogP contribution in [0.1, 0.15) is 59.3 Å². The van der Waals surface area contributed by atoms with Gasteiger partial charge in [-0.2, -0.15) is 0 Å². The molecule has 1 atom stereocenters. The van der Waals surface area contributed by atoms with E-state index >= 15 is 0 Å². The molecule has 6 heteroatoms. The molecule has 0 aromatic carbocycles. The van der Waals surface area contributed by atoms with Gasteiger partial charge in [-0.25, -0.2) is 5.43 Å². The van der Waals surface area contributed by atoms with E-state index in [1.807, 2.05) is 23.5 Å². The third-order valence-electron chi connectivity index (χ3n) is 5.13. The number of amides is 1. The molecule has 0 aromatic heterocycles. The Morgan fingerprint density at radius 1 is 1.33 bits per heavy atom. The highest BCUT2D eigenvalue weighted by Gasteiger charge is 2.41. The number of allylic oxidation sites excluding steroid dienone is 1. The van der Waals surface area contributed by atoms with Crippen molar-refractivity contribution in [2.24, 2.45) is 4.99 Å². The molecule has 1 aliphatic carbocycles. The fourth-order valence-electron chi connectivity index (χ4n) is 4.00. The topological polar surface area (TPSA) is 77.0 Å². The van der Waals surface area contributed by atoms with Crippen molar-refractivity contribution in [3.8, 4) is 0 Å². The molecule has 1 radical (unpaired) electrons. The third-order valence-corrected chi connectivity index (χ3v) is 5.13. The molecule has 1 saturated carbocycles. The summed E-state index contributed by atoms with van der Waals surface area (Å²) >= 11 is 0. The fraction of sp³-hybridized carbons (Fsp3) is 0.571. The summed E-state index contributed by atoms with van der Waals surface area (Å²) in [6, 6.07) is 0.236. The van der Waals surface area contributed by atoms with E-state index < -0.39 is 5.54 Å². The predicted molar refractivity (Wildman–Crippen MR) is 107 cm³/mol. The second-order valence-electron chi connectivity index (χ2n) is 7.86. The van der Waals surface area contributed by atoms with Crippen LogP contribution in [-0.2, 0) is 4.79 Å². The molecule has 0 saturated heterocycles. The van der Waals surface area contributed by atoms with E-state index in [1.54, 1.807) is 6.92 Å². The van der Waals surface area contributed by atoms with Gasteiger partial charge in [-0.3, -0.25) is 14.8 Å². The lowest BCUT2D eigenvalue weighted by atomic mass is 9.73. The van der Waals surface area contributed by atoms with Gasteiger partial charge >= 0.3 is 0 Å². The van der Waals surface area contributed by atoms with Crippen molar-refractivity contribution in [3.05, 3.63) is 41.2 Å².